The Kier molecular flexibility index (Phi) is 7.74. The molecule has 1 aromatic rings. The van der Waals surface area contributed by atoms with Gasteiger partial charge >= 0.3 is 0 Å². The lowest BCUT2D eigenvalue weighted by Gasteiger charge is -2.40. The highest BCUT2D eigenvalue weighted by atomic mass is 35.5. The number of ether oxygens (including phenoxy) is 1. The van der Waals surface area contributed by atoms with Crippen molar-refractivity contribution in [1.82, 2.24) is 9.80 Å². The van der Waals surface area contributed by atoms with Crippen molar-refractivity contribution < 1.29 is 9.53 Å². The molecule has 2 aliphatic rings. The maximum Gasteiger partial charge on any atom is 0.253 e. The van der Waals surface area contributed by atoms with Crippen LogP contribution in [0.5, 0.6) is 5.75 Å². The van der Waals surface area contributed by atoms with Crippen LogP contribution in [0.3, 0.4) is 0 Å². The molecule has 7 nitrogen and oxygen atoms in total. The van der Waals surface area contributed by atoms with Gasteiger partial charge in [0, 0.05) is 24.7 Å². The van der Waals surface area contributed by atoms with E-state index in [1.165, 1.54) is 32.4 Å². The molecule has 0 aromatic heterocycles. The van der Waals surface area contributed by atoms with Gasteiger partial charge in [-0.05, 0) is 57.0 Å². The highest BCUT2D eigenvalue weighted by molar-refractivity contribution is 5.95. The number of rotatable bonds is 4. The maximum absolute atomic E-state index is 12.9. The summed E-state index contributed by atoms with van der Waals surface area (Å²) in [4.78, 5) is 21.4. The Morgan fingerprint density at radius 3 is 2.37 bits per heavy atom. The zero-order valence-electron chi connectivity index (χ0n) is 15.9. The van der Waals surface area contributed by atoms with Gasteiger partial charge in [0.15, 0.2) is 5.96 Å². The van der Waals surface area contributed by atoms with E-state index in [0.717, 1.165) is 25.9 Å². The Morgan fingerprint density at radius 1 is 1.11 bits per heavy atom. The number of nitrogens with zero attached hydrogens (tertiary/aromatic N) is 3. The van der Waals surface area contributed by atoms with E-state index in [1.54, 1.807) is 25.3 Å². The first-order chi connectivity index (χ1) is 12.6. The number of nitrogens with two attached hydrogens (primary N) is 2. The lowest BCUT2D eigenvalue weighted by Crippen LogP contribution is -2.48. The first-order valence-corrected chi connectivity index (χ1v) is 9.39. The Morgan fingerprint density at radius 2 is 1.78 bits per heavy atom. The molecule has 0 radical (unpaired) electrons. The van der Waals surface area contributed by atoms with Crippen LogP contribution in [-0.2, 0) is 0 Å². The van der Waals surface area contributed by atoms with E-state index in [9.17, 15) is 4.79 Å². The monoisotopic (exact) mass is 395 g/mol. The molecule has 150 valence electrons. The molecule has 0 bridgehead atoms. The minimum atomic E-state index is -0.0397. The van der Waals surface area contributed by atoms with Gasteiger partial charge in [-0.1, -0.05) is 6.42 Å². The van der Waals surface area contributed by atoms with Crippen LogP contribution in [0.4, 0.5) is 5.69 Å². The van der Waals surface area contributed by atoms with Gasteiger partial charge < -0.3 is 26.0 Å². The lowest BCUT2D eigenvalue weighted by molar-refractivity contribution is 0.0589. The van der Waals surface area contributed by atoms with Crippen molar-refractivity contribution in [1.29, 1.82) is 0 Å². The summed E-state index contributed by atoms with van der Waals surface area (Å²) in [7, 11) is 1.54. The number of amides is 1. The van der Waals surface area contributed by atoms with Crippen LogP contribution in [0.1, 0.15) is 42.5 Å². The molecule has 2 heterocycles. The number of carbonyl (C=O) groups is 1. The fourth-order valence-corrected chi connectivity index (χ4v) is 3.94. The van der Waals surface area contributed by atoms with Crippen molar-refractivity contribution in [3.63, 3.8) is 0 Å². The van der Waals surface area contributed by atoms with Crippen LogP contribution < -0.4 is 16.2 Å². The van der Waals surface area contributed by atoms with Gasteiger partial charge in [-0.2, -0.15) is 0 Å². The Labute approximate surface area is 167 Å². The molecule has 2 saturated heterocycles. The third kappa shape index (κ3) is 5.26. The fraction of sp³-hybridized carbons (Fsp3) is 0.579. The summed E-state index contributed by atoms with van der Waals surface area (Å²) in [5.74, 6) is 0.492. The molecule has 0 unspecified atom stereocenters. The molecular weight excluding hydrogens is 366 g/mol. The van der Waals surface area contributed by atoms with Crippen LogP contribution in [0, 0.1) is 0 Å². The average molecular weight is 396 g/mol. The quantitative estimate of drug-likeness (QED) is 0.601. The van der Waals surface area contributed by atoms with Crippen LogP contribution in [0.2, 0.25) is 0 Å². The van der Waals surface area contributed by atoms with Crippen molar-refractivity contribution in [2.24, 2.45) is 16.5 Å². The third-order valence-electron chi connectivity index (χ3n) is 5.33. The summed E-state index contributed by atoms with van der Waals surface area (Å²) in [5.41, 5.74) is 12.0. The third-order valence-corrected chi connectivity index (χ3v) is 5.33. The van der Waals surface area contributed by atoms with E-state index < -0.39 is 0 Å². The molecule has 0 spiro atoms. The van der Waals surface area contributed by atoms with Crippen molar-refractivity contribution in [3.8, 4) is 5.75 Å². The first-order valence-electron chi connectivity index (χ1n) is 9.39. The number of methoxy groups -OCH3 is 1. The second kappa shape index (κ2) is 9.80. The van der Waals surface area contributed by atoms with Crippen molar-refractivity contribution in [2.45, 2.75) is 38.1 Å². The summed E-state index contributed by atoms with van der Waals surface area (Å²) in [6.07, 6.45) is 6.07. The molecule has 2 fully saturated rings. The van der Waals surface area contributed by atoms with Crippen LogP contribution in [0.15, 0.2) is 23.2 Å². The van der Waals surface area contributed by atoms with E-state index in [1.807, 2.05) is 4.90 Å². The predicted octanol–water partition coefficient (Wildman–Crippen LogP) is 2.11. The van der Waals surface area contributed by atoms with Crippen LogP contribution in [-0.4, -0.2) is 61.0 Å². The van der Waals surface area contributed by atoms with Crippen molar-refractivity contribution in [3.05, 3.63) is 23.8 Å². The van der Waals surface area contributed by atoms with Gasteiger partial charge in [-0.15, -0.1) is 12.4 Å². The topological polar surface area (TPSA) is 97.2 Å². The summed E-state index contributed by atoms with van der Waals surface area (Å²) in [6.45, 7) is 4.03. The molecule has 0 saturated carbocycles. The molecule has 27 heavy (non-hydrogen) atoms. The Hall–Kier alpha value is -1.99. The first kappa shape index (κ1) is 21.3. The Balaban J connectivity index is 0.00000261. The minimum absolute atomic E-state index is 0. The number of aliphatic imine (C=N–C) groups is 1. The highest BCUT2D eigenvalue weighted by Crippen LogP contribution is 2.29. The van der Waals surface area contributed by atoms with E-state index >= 15 is 0 Å². The minimum Gasteiger partial charge on any atom is -0.494 e. The summed E-state index contributed by atoms with van der Waals surface area (Å²) < 4.78 is 5.33. The number of piperidine rings is 2. The number of carbonyl (C=O) groups excluding carboxylic acids is 1. The average Bonchev–Trinajstić information content (AvgIpc) is 2.68. The van der Waals surface area contributed by atoms with Crippen LogP contribution in [0.25, 0.3) is 0 Å². The fourth-order valence-electron chi connectivity index (χ4n) is 3.94. The predicted molar refractivity (Wildman–Crippen MR) is 110 cm³/mol. The van der Waals surface area contributed by atoms with Gasteiger partial charge in [0.05, 0.1) is 7.11 Å². The lowest BCUT2D eigenvalue weighted by atomic mass is 9.99. The SMILES string of the molecule is COc1cc(C(=O)N2CCC(N3CCCCC3)CC2)ccc1N=C(N)N.Cl. The van der Waals surface area contributed by atoms with E-state index in [4.69, 9.17) is 16.2 Å². The van der Waals surface area contributed by atoms with Gasteiger partial charge in [0.25, 0.3) is 5.91 Å². The molecule has 1 aromatic carbocycles. The molecule has 0 aliphatic carbocycles. The standard InChI is InChI=1S/C19H29N5O2.ClH/c1-26-17-13-14(5-6-16(17)22-19(20)21)18(25)24-11-7-15(8-12-24)23-9-3-2-4-10-23;/h5-6,13,15H,2-4,7-12H2,1H3,(H4,20,21,22);1H. The second-order valence-electron chi connectivity index (χ2n) is 7.04. The van der Waals surface area contributed by atoms with E-state index in [2.05, 4.69) is 9.89 Å². The highest BCUT2D eigenvalue weighted by Gasteiger charge is 2.28. The molecule has 8 heteroatoms. The largest absolute Gasteiger partial charge is 0.494 e. The van der Waals surface area contributed by atoms with Crippen molar-refractivity contribution >= 4 is 30.0 Å². The molecule has 3 rings (SSSR count). The van der Waals surface area contributed by atoms with Gasteiger partial charge in [0.1, 0.15) is 11.4 Å². The van der Waals surface area contributed by atoms with E-state index in [0.29, 0.717) is 23.0 Å². The maximum atomic E-state index is 12.9. The summed E-state index contributed by atoms with van der Waals surface area (Å²) >= 11 is 0. The number of likely N-dealkylation sites (tertiary alicyclic amines) is 2. The summed E-state index contributed by atoms with van der Waals surface area (Å²) in [6, 6.07) is 5.80. The molecular formula is C19H30ClN5O2. The van der Waals surface area contributed by atoms with Gasteiger partial charge in [-0.3, -0.25) is 4.79 Å². The number of hydrogen-bond acceptors (Lipinski definition) is 4. The van der Waals surface area contributed by atoms with E-state index in [-0.39, 0.29) is 24.3 Å². The number of hydrogen-bond donors (Lipinski definition) is 2. The van der Waals surface area contributed by atoms with Gasteiger partial charge in [-0.25, -0.2) is 4.99 Å². The zero-order chi connectivity index (χ0) is 18.5. The number of benzene rings is 1. The molecule has 4 N–H and O–H groups in total. The number of halogens is 1. The Bertz CT molecular complexity index is 664. The zero-order valence-corrected chi connectivity index (χ0v) is 16.7. The molecule has 1 amide bonds. The van der Waals surface area contributed by atoms with Crippen LogP contribution >= 0.6 is 12.4 Å². The second-order valence-corrected chi connectivity index (χ2v) is 7.04. The van der Waals surface area contributed by atoms with Crippen molar-refractivity contribution in [2.75, 3.05) is 33.3 Å². The summed E-state index contributed by atoms with van der Waals surface area (Å²) in [5, 5.41) is 0. The van der Waals surface area contributed by atoms with Gasteiger partial charge in [0.2, 0.25) is 0 Å². The smallest absolute Gasteiger partial charge is 0.253 e. The number of guanidine groups is 1. The molecule has 2 aliphatic heterocycles. The molecule has 0 atom stereocenters. The normalized spacial score (nSPS) is 18.5.